The van der Waals surface area contributed by atoms with Crippen LogP contribution in [0, 0.1) is 0 Å². The molecule has 2 N–H and O–H groups in total. The Kier molecular flexibility index (Phi) is 5.70. The van der Waals surface area contributed by atoms with E-state index in [1.807, 2.05) is 0 Å². The molecule has 1 heterocycles. The van der Waals surface area contributed by atoms with Crippen molar-refractivity contribution in [3.05, 3.63) is 28.2 Å². The molecule has 1 aromatic rings. The molecule has 0 saturated carbocycles. The molecular weight excluding hydrogens is 317 g/mol. The Morgan fingerprint density at radius 3 is 2.90 bits per heavy atom. The summed E-state index contributed by atoms with van der Waals surface area (Å²) in [4.78, 5) is 11.7. The third kappa shape index (κ3) is 5.04. The minimum absolute atomic E-state index is 0.185. The molecule has 5 nitrogen and oxygen atoms in total. The van der Waals surface area contributed by atoms with Gasteiger partial charge in [0.1, 0.15) is 11.4 Å². The first kappa shape index (κ1) is 16.4. The van der Waals surface area contributed by atoms with Crippen LogP contribution in [0.1, 0.15) is 12.8 Å². The Morgan fingerprint density at radius 1 is 1.43 bits per heavy atom. The third-order valence-corrected chi connectivity index (χ3v) is 3.93. The number of carbonyl (C=O) groups is 1. The number of amides is 1. The zero-order chi connectivity index (χ0) is 15.3. The zero-order valence-corrected chi connectivity index (χ0v) is 12.9. The van der Waals surface area contributed by atoms with Crippen LogP contribution in [-0.4, -0.2) is 43.0 Å². The quantitative estimate of drug-likeness (QED) is 0.835. The monoisotopic (exact) mass is 333 g/mol. The van der Waals surface area contributed by atoms with Crippen molar-refractivity contribution in [1.29, 1.82) is 0 Å². The van der Waals surface area contributed by atoms with Gasteiger partial charge in [0.2, 0.25) is 5.91 Å². The number of aliphatic hydroxyl groups is 1. The van der Waals surface area contributed by atoms with E-state index in [9.17, 15) is 9.90 Å². The number of halogens is 2. The Labute approximate surface area is 133 Å². The molecule has 0 radical (unpaired) electrons. The van der Waals surface area contributed by atoms with Gasteiger partial charge >= 0.3 is 0 Å². The van der Waals surface area contributed by atoms with Crippen molar-refractivity contribution in [2.24, 2.45) is 0 Å². The first-order valence-corrected chi connectivity index (χ1v) is 7.39. The summed E-state index contributed by atoms with van der Waals surface area (Å²) >= 11 is 11.7. The summed E-state index contributed by atoms with van der Waals surface area (Å²) in [6.07, 6.45) is 0.726. The van der Waals surface area contributed by atoms with Crippen LogP contribution in [0.3, 0.4) is 0 Å². The molecule has 7 heteroatoms. The molecule has 21 heavy (non-hydrogen) atoms. The molecule has 2 rings (SSSR count). The van der Waals surface area contributed by atoms with Crippen LogP contribution in [0.15, 0.2) is 18.2 Å². The van der Waals surface area contributed by atoms with Crippen LogP contribution >= 0.6 is 23.2 Å². The van der Waals surface area contributed by atoms with E-state index in [1.54, 1.807) is 18.2 Å². The van der Waals surface area contributed by atoms with Crippen LogP contribution in [0.5, 0.6) is 5.75 Å². The fourth-order valence-electron chi connectivity index (χ4n) is 1.92. The number of benzene rings is 1. The van der Waals surface area contributed by atoms with E-state index in [4.69, 9.17) is 32.7 Å². The van der Waals surface area contributed by atoms with Crippen LogP contribution in [-0.2, 0) is 9.53 Å². The molecule has 1 unspecified atom stereocenters. The lowest BCUT2D eigenvalue weighted by atomic mass is 10.0. The second-order valence-electron chi connectivity index (χ2n) is 4.98. The van der Waals surface area contributed by atoms with Gasteiger partial charge in [-0.15, -0.1) is 0 Å². The standard InChI is InChI=1S/C14H17Cl2NO4/c15-11-2-1-10(7-12(11)16)21-5-3-13(18)17-8-14(19)4-6-20-9-14/h1-2,7,19H,3-6,8-9H2,(H,17,18). The van der Waals surface area contributed by atoms with Crippen molar-refractivity contribution < 1.29 is 19.4 Å². The second-order valence-corrected chi connectivity index (χ2v) is 5.79. The van der Waals surface area contributed by atoms with Gasteiger partial charge in [0.25, 0.3) is 0 Å². The third-order valence-electron chi connectivity index (χ3n) is 3.19. The van der Waals surface area contributed by atoms with Crippen LogP contribution in [0.4, 0.5) is 0 Å². The lowest BCUT2D eigenvalue weighted by molar-refractivity contribution is -0.122. The minimum atomic E-state index is -0.944. The SMILES string of the molecule is O=C(CCOc1ccc(Cl)c(Cl)c1)NCC1(O)CCOC1. The number of hydrogen-bond donors (Lipinski definition) is 2. The van der Waals surface area contributed by atoms with E-state index in [-0.39, 0.29) is 32.1 Å². The highest BCUT2D eigenvalue weighted by Gasteiger charge is 2.32. The number of hydrogen-bond acceptors (Lipinski definition) is 4. The van der Waals surface area contributed by atoms with Gasteiger partial charge in [-0.2, -0.15) is 0 Å². The summed E-state index contributed by atoms with van der Waals surface area (Å²) < 4.78 is 10.5. The van der Waals surface area contributed by atoms with Gasteiger partial charge in [-0.1, -0.05) is 23.2 Å². The molecule has 1 saturated heterocycles. The average molecular weight is 334 g/mol. The van der Waals surface area contributed by atoms with Gasteiger partial charge in [-0.3, -0.25) is 4.79 Å². The predicted octanol–water partition coefficient (Wildman–Crippen LogP) is 2.03. The maximum atomic E-state index is 11.7. The van der Waals surface area contributed by atoms with Crippen LogP contribution < -0.4 is 10.1 Å². The Hall–Kier alpha value is -1.01. The summed E-state index contributed by atoms with van der Waals surface area (Å²) in [6, 6.07) is 4.92. The summed E-state index contributed by atoms with van der Waals surface area (Å²) in [6.45, 7) is 1.19. The summed E-state index contributed by atoms with van der Waals surface area (Å²) in [5, 5.41) is 13.5. The van der Waals surface area contributed by atoms with Gasteiger partial charge in [0.15, 0.2) is 0 Å². The number of nitrogens with one attached hydrogen (secondary N) is 1. The van der Waals surface area contributed by atoms with Crippen LogP contribution in [0.25, 0.3) is 0 Å². The van der Waals surface area contributed by atoms with Gasteiger partial charge in [0.05, 0.1) is 29.7 Å². The van der Waals surface area contributed by atoms with Crippen LogP contribution in [0.2, 0.25) is 10.0 Å². The normalized spacial score (nSPS) is 21.3. The summed E-state index contributed by atoms with van der Waals surface area (Å²) in [7, 11) is 0. The highest BCUT2D eigenvalue weighted by Crippen LogP contribution is 2.26. The fourth-order valence-corrected chi connectivity index (χ4v) is 2.20. The van der Waals surface area contributed by atoms with E-state index < -0.39 is 5.60 Å². The maximum Gasteiger partial charge on any atom is 0.223 e. The molecular formula is C14H17Cl2NO4. The maximum absolute atomic E-state index is 11.7. The van der Waals surface area contributed by atoms with E-state index in [1.165, 1.54) is 0 Å². The molecule has 1 fully saturated rings. The lowest BCUT2D eigenvalue weighted by Crippen LogP contribution is -2.43. The molecule has 1 amide bonds. The Bertz CT molecular complexity index is 504. The molecule has 116 valence electrons. The predicted molar refractivity (Wildman–Crippen MR) is 80.0 cm³/mol. The van der Waals surface area contributed by atoms with E-state index in [2.05, 4.69) is 5.32 Å². The van der Waals surface area contributed by atoms with Gasteiger partial charge in [-0.25, -0.2) is 0 Å². The zero-order valence-electron chi connectivity index (χ0n) is 11.4. The second kappa shape index (κ2) is 7.31. The molecule has 0 aliphatic carbocycles. The van der Waals surface area contributed by atoms with Crippen molar-refractivity contribution in [3.8, 4) is 5.75 Å². The molecule has 1 atom stereocenters. The van der Waals surface area contributed by atoms with Crippen molar-refractivity contribution in [2.45, 2.75) is 18.4 Å². The van der Waals surface area contributed by atoms with E-state index in [0.29, 0.717) is 28.8 Å². The largest absolute Gasteiger partial charge is 0.493 e. The smallest absolute Gasteiger partial charge is 0.223 e. The molecule has 1 aromatic carbocycles. The first-order valence-electron chi connectivity index (χ1n) is 6.63. The molecule has 1 aliphatic heterocycles. The first-order chi connectivity index (χ1) is 9.98. The topological polar surface area (TPSA) is 67.8 Å². The number of rotatable bonds is 6. The minimum Gasteiger partial charge on any atom is -0.493 e. The average Bonchev–Trinajstić information content (AvgIpc) is 2.88. The summed E-state index contributed by atoms with van der Waals surface area (Å²) in [5.41, 5.74) is -0.944. The Morgan fingerprint density at radius 2 is 2.24 bits per heavy atom. The summed E-state index contributed by atoms with van der Waals surface area (Å²) in [5.74, 6) is 0.371. The lowest BCUT2D eigenvalue weighted by Gasteiger charge is -2.20. The van der Waals surface area contributed by atoms with Gasteiger partial charge in [-0.05, 0) is 12.1 Å². The Balaban J connectivity index is 1.68. The van der Waals surface area contributed by atoms with Gasteiger partial charge in [0, 0.05) is 25.6 Å². The highest BCUT2D eigenvalue weighted by molar-refractivity contribution is 6.42. The van der Waals surface area contributed by atoms with Gasteiger partial charge < -0.3 is 19.9 Å². The number of ether oxygens (including phenoxy) is 2. The fraction of sp³-hybridized carbons (Fsp3) is 0.500. The number of carbonyl (C=O) groups excluding carboxylic acids is 1. The van der Waals surface area contributed by atoms with Crippen molar-refractivity contribution in [3.63, 3.8) is 0 Å². The molecule has 0 spiro atoms. The van der Waals surface area contributed by atoms with E-state index in [0.717, 1.165) is 0 Å². The van der Waals surface area contributed by atoms with Crippen molar-refractivity contribution >= 4 is 29.1 Å². The van der Waals surface area contributed by atoms with Crippen molar-refractivity contribution in [1.82, 2.24) is 5.32 Å². The molecule has 0 aromatic heterocycles. The molecule has 1 aliphatic rings. The van der Waals surface area contributed by atoms with Crippen molar-refractivity contribution in [2.75, 3.05) is 26.4 Å². The molecule has 0 bridgehead atoms. The van der Waals surface area contributed by atoms with E-state index >= 15 is 0 Å². The highest BCUT2D eigenvalue weighted by atomic mass is 35.5.